The van der Waals surface area contributed by atoms with Crippen LogP contribution in [0.5, 0.6) is 0 Å². The standard InChI is InChI=1S/C19H27FN2O2/c1-18(2,3)21-17(23)12-22-15-8-9-16(22)11-19(24,10-15)13-4-6-14(20)7-5-13/h4-7,15-16,24H,8-12H2,1-3H3,(H,21,23)/p+1/t15-,16+,19?. The first kappa shape index (κ1) is 17.4. The highest BCUT2D eigenvalue weighted by Gasteiger charge is 2.52. The number of hydrogen-bond donors (Lipinski definition) is 3. The fourth-order valence-corrected chi connectivity index (χ4v) is 4.40. The number of rotatable bonds is 3. The van der Waals surface area contributed by atoms with Crippen LogP contribution >= 0.6 is 0 Å². The molecular formula is C19H28FN2O2+. The van der Waals surface area contributed by atoms with Crippen molar-refractivity contribution in [2.75, 3.05) is 6.54 Å². The Morgan fingerprint density at radius 2 is 1.79 bits per heavy atom. The number of fused-ring (bicyclic) bond motifs is 2. The molecule has 2 aliphatic rings. The maximum Gasteiger partial charge on any atom is 0.275 e. The van der Waals surface area contributed by atoms with Gasteiger partial charge in [0.05, 0.1) is 12.1 Å². The number of aliphatic hydroxyl groups is 1. The average molecular weight is 335 g/mol. The van der Waals surface area contributed by atoms with Gasteiger partial charge >= 0.3 is 0 Å². The van der Waals surface area contributed by atoms with Gasteiger partial charge in [-0.2, -0.15) is 0 Å². The summed E-state index contributed by atoms with van der Waals surface area (Å²) in [5.74, 6) is -0.214. The van der Waals surface area contributed by atoms with Crippen LogP contribution in [-0.4, -0.2) is 35.2 Å². The van der Waals surface area contributed by atoms with Crippen LogP contribution in [0.3, 0.4) is 0 Å². The minimum atomic E-state index is -0.899. The van der Waals surface area contributed by atoms with E-state index in [1.807, 2.05) is 20.8 Å². The largest absolute Gasteiger partial charge is 0.385 e. The number of carbonyl (C=O) groups is 1. The van der Waals surface area contributed by atoms with Gasteiger partial charge in [-0.1, -0.05) is 12.1 Å². The van der Waals surface area contributed by atoms with Crippen molar-refractivity contribution in [3.63, 3.8) is 0 Å². The van der Waals surface area contributed by atoms with Gasteiger partial charge in [-0.15, -0.1) is 0 Å². The molecule has 0 aliphatic carbocycles. The number of halogens is 1. The number of quaternary nitrogens is 1. The Balaban J connectivity index is 1.70. The summed E-state index contributed by atoms with van der Waals surface area (Å²) in [6.07, 6.45) is 3.33. The van der Waals surface area contributed by atoms with Gasteiger partial charge < -0.3 is 15.3 Å². The van der Waals surface area contributed by atoms with Crippen LogP contribution in [0, 0.1) is 5.82 Å². The number of hydrogen-bond acceptors (Lipinski definition) is 2. The van der Waals surface area contributed by atoms with Crippen molar-refractivity contribution in [2.24, 2.45) is 0 Å². The second-order valence-corrected chi connectivity index (χ2v) is 8.47. The highest BCUT2D eigenvalue weighted by Crippen LogP contribution is 2.38. The van der Waals surface area contributed by atoms with Gasteiger partial charge in [-0.05, 0) is 38.5 Å². The molecule has 24 heavy (non-hydrogen) atoms. The molecule has 2 bridgehead atoms. The van der Waals surface area contributed by atoms with E-state index in [2.05, 4.69) is 5.32 Å². The molecule has 0 radical (unpaired) electrons. The van der Waals surface area contributed by atoms with Crippen LogP contribution in [-0.2, 0) is 10.4 Å². The van der Waals surface area contributed by atoms with Gasteiger partial charge in [0.2, 0.25) is 0 Å². The Kier molecular flexibility index (Phi) is 4.43. The summed E-state index contributed by atoms with van der Waals surface area (Å²) in [6, 6.07) is 6.75. The Hall–Kier alpha value is -1.46. The summed E-state index contributed by atoms with van der Waals surface area (Å²) in [6.45, 7) is 6.42. The molecule has 2 fully saturated rings. The molecule has 1 amide bonds. The monoisotopic (exact) mass is 335 g/mol. The third-order valence-electron chi connectivity index (χ3n) is 5.34. The molecule has 4 nitrogen and oxygen atoms in total. The van der Waals surface area contributed by atoms with E-state index in [4.69, 9.17) is 0 Å². The predicted octanol–water partition coefficient (Wildman–Crippen LogP) is 1.14. The predicted molar refractivity (Wildman–Crippen MR) is 90.1 cm³/mol. The van der Waals surface area contributed by atoms with Gasteiger partial charge in [0, 0.05) is 31.2 Å². The second kappa shape index (κ2) is 6.12. The van der Waals surface area contributed by atoms with Crippen LogP contribution in [0.2, 0.25) is 0 Å². The average Bonchev–Trinajstić information content (AvgIpc) is 2.70. The lowest BCUT2D eigenvalue weighted by atomic mass is 9.80. The maximum atomic E-state index is 13.2. The zero-order valence-electron chi connectivity index (χ0n) is 14.7. The molecule has 2 saturated heterocycles. The van der Waals surface area contributed by atoms with Crippen LogP contribution in [0.1, 0.15) is 52.0 Å². The summed E-state index contributed by atoms with van der Waals surface area (Å²) in [5.41, 5.74) is -0.331. The molecule has 1 aromatic carbocycles. The second-order valence-electron chi connectivity index (χ2n) is 8.47. The van der Waals surface area contributed by atoms with E-state index in [-0.39, 0.29) is 29.3 Å². The Morgan fingerprint density at radius 1 is 1.25 bits per heavy atom. The lowest BCUT2D eigenvalue weighted by Gasteiger charge is -2.41. The van der Waals surface area contributed by atoms with Crippen molar-refractivity contribution in [3.05, 3.63) is 35.6 Å². The molecule has 4 atom stereocenters. The van der Waals surface area contributed by atoms with Gasteiger partial charge in [0.1, 0.15) is 11.4 Å². The van der Waals surface area contributed by atoms with E-state index in [9.17, 15) is 14.3 Å². The van der Waals surface area contributed by atoms with Crippen molar-refractivity contribution < 1.29 is 19.2 Å². The molecule has 1 aromatic rings. The van der Waals surface area contributed by atoms with E-state index in [0.29, 0.717) is 19.4 Å². The summed E-state index contributed by atoms with van der Waals surface area (Å²) in [4.78, 5) is 13.6. The minimum absolute atomic E-state index is 0.0709. The lowest BCUT2D eigenvalue weighted by molar-refractivity contribution is -0.936. The fraction of sp³-hybridized carbons (Fsp3) is 0.632. The first-order valence-electron chi connectivity index (χ1n) is 8.81. The van der Waals surface area contributed by atoms with Gasteiger partial charge in [0.25, 0.3) is 5.91 Å². The fourth-order valence-electron chi connectivity index (χ4n) is 4.40. The topological polar surface area (TPSA) is 53.8 Å². The van der Waals surface area contributed by atoms with Crippen molar-refractivity contribution in [1.82, 2.24) is 5.32 Å². The number of piperidine rings is 1. The van der Waals surface area contributed by atoms with Crippen LogP contribution < -0.4 is 10.2 Å². The maximum absolute atomic E-state index is 13.2. The summed E-state index contributed by atoms with van der Waals surface area (Å²) in [5, 5.41) is 14.1. The molecule has 0 spiro atoms. The zero-order chi connectivity index (χ0) is 17.5. The van der Waals surface area contributed by atoms with E-state index < -0.39 is 5.60 Å². The van der Waals surface area contributed by atoms with Crippen molar-refractivity contribution >= 4 is 5.91 Å². The van der Waals surface area contributed by atoms with Crippen molar-refractivity contribution in [2.45, 2.75) is 69.7 Å². The lowest BCUT2D eigenvalue weighted by Crippen LogP contribution is -3.19. The summed E-state index contributed by atoms with van der Waals surface area (Å²) in [7, 11) is 0. The van der Waals surface area contributed by atoms with Gasteiger partial charge in [0.15, 0.2) is 6.54 Å². The third kappa shape index (κ3) is 3.62. The highest BCUT2D eigenvalue weighted by molar-refractivity contribution is 5.77. The van der Waals surface area contributed by atoms with E-state index in [0.717, 1.165) is 18.4 Å². The Bertz CT molecular complexity index is 595. The molecule has 5 heteroatoms. The number of carbonyl (C=O) groups excluding carboxylic acids is 1. The normalized spacial score (nSPS) is 32.6. The summed E-state index contributed by atoms with van der Waals surface area (Å²) < 4.78 is 13.2. The van der Waals surface area contributed by atoms with Crippen LogP contribution in [0.25, 0.3) is 0 Å². The summed E-state index contributed by atoms with van der Waals surface area (Å²) >= 11 is 0. The molecule has 3 rings (SSSR count). The number of benzene rings is 1. The SMILES string of the molecule is CC(C)(C)NC(=O)C[NH+]1[C@@H]2CC[C@H]1CC(O)(c1ccc(F)cc1)C2. The number of amides is 1. The molecule has 0 saturated carbocycles. The van der Waals surface area contributed by atoms with Gasteiger partial charge in [-0.25, -0.2) is 4.39 Å². The van der Waals surface area contributed by atoms with Crippen LogP contribution in [0.4, 0.5) is 4.39 Å². The quantitative estimate of drug-likeness (QED) is 0.776. The minimum Gasteiger partial charge on any atom is -0.385 e. The first-order valence-corrected chi connectivity index (χ1v) is 8.81. The molecule has 2 aliphatic heterocycles. The van der Waals surface area contributed by atoms with Crippen molar-refractivity contribution in [3.8, 4) is 0 Å². The number of nitrogens with one attached hydrogen (secondary N) is 2. The van der Waals surface area contributed by atoms with Gasteiger partial charge in [-0.3, -0.25) is 4.79 Å². The van der Waals surface area contributed by atoms with E-state index >= 15 is 0 Å². The Morgan fingerprint density at radius 3 is 2.29 bits per heavy atom. The molecule has 2 unspecified atom stereocenters. The van der Waals surface area contributed by atoms with E-state index in [1.54, 1.807) is 12.1 Å². The molecule has 2 heterocycles. The first-order chi connectivity index (χ1) is 11.2. The highest BCUT2D eigenvalue weighted by atomic mass is 19.1. The van der Waals surface area contributed by atoms with Crippen LogP contribution in [0.15, 0.2) is 24.3 Å². The molecule has 0 aromatic heterocycles. The van der Waals surface area contributed by atoms with E-state index in [1.165, 1.54) is 17.0 Å². The molecular weight excluding hydrogens is 307 g/mol. The molecule has 3 N–H and O–H groups in total. The van der Waals surface area contributed by atoms with Crippen molar-refractivity contribution in [1.29, 1.82) is 0 Å². The molecule has 132 valence electrons. The smallest absolute Gasteiger partial charge is 0.275 e. The Labute approximate surface area is 143 Å². The zero-order valence-corrected chi connectivity index (χ0v) is 14.7. The third-order valence-corrected chi connectivity index (χ3v) is 5.34.